The monoisotopic (exact) mass is 493 g/mol. The number of halogens is 3. The van der Waals surface area contributed by atoms with Gasteiger partial charge in [-0.05, 0) is 54.9 Å². The Labute approximate surface area is 191 Å². The van der Waals surface area contributed by atoms with Crippen LogP contribution in [0.4, 0.5) is 10.5 Å². The fraction of sp³-hybridized carbons (Fsp3) is 0.316. The van der Waals surface area contributed by atoms with Crippen molar-refractivity contribution in [3.05, 3.63) is 63.1 Å². The number of carbonyl (C=O) groups excluding carboxylic acids is 1. The van der Waals surface area contributed by atoms with Crippen molar-refractivity contribution in [1.29, 1.82) is 0 Å². The molecule has 0 radical (unpaired) electrons. The molecule has 0 aliphatic carbocycles. The highest BCUT2D eigenvalue weighted by molar-refractivity contribution is 7.86. The zero-order valence-corrected chi connectivity index (χ0v) is 19.4. The van der Waals surface area contributed by atoms with Crippen molar-refractivity contribution in [3.8, 4) is 0 Å². The minimum absolute atomic E-state index is 0. The molecule has 11 heteroatoms. The maximum Gasteiger partial charge on any atom is 0.320 e. The van der Waals surface area contributed by atoms with Crippen LogP contribution in [0.5, 0.6) is 0 Å². The Morgan fingerprint density at radius 2 is 1.97 bits per heavy atom. The molecule has 30 heavy (non-hydrogen) atoms. The smallest absolute Gasteiger partial charge is 0.319 e. The van der Waals surface area contributed by atoms with Crippen LogP contribution in [0.3, 0.4) is 0 Å². The van der Waals surface area contributed by atoms with E-state index in [1.54, 1.807) is 18.2 Å². The molecule has 2 amide bonds. The van der Waals surface area contributed by atoms with Gasteiger partial charge >= 0.3 is 6.03 Å². The zero-order chi connectivity index (χ0) is 21.3. The van der Waals surface area contributed by atoms with Crippen LogP contribution in [0, 0.1) is 0 Å². The largest absolute Gasteiger partial charge is 0.320 e. The predicted molar refractivity (Wildman–Crippen MR) is 121 cm³/mol. The summed E-state index contributed by atoms with van der Waals surface area (Å²) < 4.78 is 31.1. The number of nitrogens with one attached hydrogen (secondary N) is 2. The topological polar surface area (TPSA) is 98.7 Å². The number of likely N-dealkylation sites (N-methyl/N-ethyl adjacent to an activating group) is 1. The van der Waals surface area contributed by atoms with E-state index in [9.17, 15) is 13.2 Å². The van der Waals surface area contributed by atoms with Crippen molar-refractivity contribution in [2.45, 2.75) is 24.8 Å². The van der Waals surface area contributed by atoms with Crippen LogP contribution in [0.25, 0.3) is 0 Å². The second kappa shape index (κ2) is 9.72. The molecule has 164 valence electrons. The van der Waals surface area contributed by atoms with Gasteiger partial charge in [-0.3, -0.25) is 4.55 Å². The molecule has 2 aromatic rings. The molecule has 0 fully saturated rings. The first-order valence-electron chi connectivity index (χ1n) is 8.84. The Hall–Kier alpha value is -1.55. The summed E-state index contributed by atoms with van der Waals surface area (Å²) in [6, 6.07) is 10.2. The lowest BCUT2D eigenvalue weighted by molar-refractivity contribution is 0.251. The molecule has 3 N–H and O–H groups in total. The number of fused-ring (bicyclic) bond motifs is 1. The molecule has 7 nitrogen and oxygen atoms in total. The highest BCUT2D eigenvalue weighted by Gasteiger charge is 2.27. The van der Waals surface area contributed by atoms with Gasteiger partial charge in [-0.1, -0.05) is 35.3 Å². The molecule has 1 aliphatic rings. The van der Waals surface area contributed by atoms with E-state index in [1.165, 1.54) is 6.92 Å². The van der Waals surface area contributed by atoms with Crippen LogP contribution >= 0.6 is 35.6 Å². The summed E-state index contributed by atoms with van der Waals surface area (Å²) in [4.78, 5) is 14.2. The van der Waals surface area contributed by atoms with Crippen molar-refractivity contribution < 1.29 is 17.8 Å². The second-order valence-corrected chi connectivity index (χ2v) is 9.67. The van der Waals surface area contributed by atoms with E-state index >= 15 is 0 Å². The normalized spacial score (nSPS) is 17.4. The molecular weight excluding hydrogens is 473 g/mol. The average molecular weight is 495 g/mol. The summed E-state index contributed by atoms with van der Waals surface area (Å²) in [5, 5.41) is 4.53. The first-order valence-corrected chi connectivity index (χ1v) is 11.1. The number of carbonyl (C=O) groups is 1. The van der Waals surface area contributed by atoms with E-state index < -0.39 is 21.5 Å². The Morgan fingerprint density at radius 1 is 1.27 bits per heavy atom. The zero-order valence-electron chi connectivity index (χ0n) is 16.2. The third-order valence-corrected chi connectivity index (χ3v) is 6.39. The Bertz CT molecular complexity index is 1050. The summed E-state index contributed by atoms with van der Waals surface area (Å²) in [6.07, 6.45) is 0. The van der Waals surface area contributed by atoms with Gasteiger partial charge in [0.2, 0.25) is 0 Å². The van der Waals surface area contributed by atoms with Gasteiger partial charge in [-0.25, -0.2) is 4.79 Å². The lowest BCUT2D eigenvalue weighted by atomic mass is 9.84. The Morgan fingerprint density at radius 3 is 2.63 bits per heavy atom. The van der Waals surface area contributed by atoms with Crippen molar-refractivity contribution in [2.24, 2.45) is 0 Å². The van der Waals surface area contributed by atoms with Gasteiger partial charge in [0.15, 0.2) is 5.37 Å². The van der Waals surface area contributed by atoms with Gasteiger partial charge < -0.3 is 15.5 Å². The predicted octanol–water partition coefficient (Wildman–Crippen LogP) is 4.35. The minimum Gasteiger partial charge on any atom is -0.319 e. The fourth-order valence-electron chi connectivity index (χ4n) is 3.39. The van der Waals surface area contributed by atoms with Crippen LogP contribution in [0.15, 0.2) is 36.4 Å². The van der Waals surface area contributed by atoms with Gasteiger partial charge in [0.25, 0.3) is 10.1 Å². The molecular formula is C19H22Cl3N3O4S. The SMILES string of the molecule is CC(NC(=O)Nc1cccc(C2CN(C)Cc3c(Cl)cc(Cl)cc32)c1)S(=O)(=O)O.Cl. The number of benzene rings is 2. The van der Waals surface area contributed by atoms with E-state index in [0.717, 1.165) is 29.8 Å². The van der Waals surface area contributed by atoms with Crippen LogP contribution in [0.1, 0.15) is 29.5 Å². The molecule has 2 aromatic carbocycles. The number of urea groups is 1. The molecule has 0 bridgehead atoms. The summed E-state index contributed by atoms with van der Waals surface area (Å²) >= 11 is 12.6. The first-order chi connectivity index (χ1) is 13.5. The van der Waals surface area contributed by atoms with Gasteiger partial charge in [0.05, 0.1) is 0 Å². The molecule has 0 saturated heterocycles. The minimum atomic E-state index is -4.37. The highest BCUT2D eigenvalue weighted by Crippen LogP contribution is 2.38. The van der Waals surface area contributed by atoms with E-state index in [4.69, 9.17) is 27.8 Å². The van der Waals surface area contributed by atoms with Gasteiger partial charge in [0.1, 0.15) is 0 Å². The van der Waals surface area contributed by atoms with E-state index in [1.807, 2.05) is 25.2 Å². The lowest BCUT2D eigenvalue weighted by Gasteiger charge is -2.33. The Kier molecular flexibility index (Phi) is 8.01. The third-order valence-electron chi connectivity index (χ3n) is 4.82. The lowest BCUT2D eigenvalue weighted by Crippen LogP contribution is -2.40. The van der Waals surface area contributed by atoms with Crippen molar-refractivity contribution >= 4 is 57.4 Å². The summed E-state index contributed by atoms with van der Waals surface area (Å²) in [5.74, 6) is 0.00139. The van der Waals surface area contributed by atoms with Crippen LogP contribution in [0.2, 0.25) is 10.0 Å². The first kappa shape index (κ1) is 24.7. The molecule has 1 aliphatic heterocycles. The van der Waals surface area contributed by atoms with Gasteiger partial charge in [-0.2, -0.15) is 8.42 Å². The summed E-state index contributed by atoms with van der Waals surface area (Å²) in [5.41, 5.74) is 3.51. The van der Waals surface area contributed by atoms with Crippen LogP contribution in [-0.4, -0.2) is 42.9 Å². The Balaban J connectivity index is 0.00000320. The third kappa shape index (κ3) is 5.78. The number of hydrogen-bond acceptors (Lipinski definition) is 4. The molecule has 2 atom stereocenters. The van der Waals surface area contributed by atoms with E-state index in [-0.39, 0.29) is 18.3 Å². The molecule has 0 spiro atoms. The second-order valence-electron chi connectivity index (χ2n) is 7.09. The number of rotatable bonds is 4. The fourth-order valence-corrected chi connectivity index (χ4v) is 4.21. The van der Waals surface area contributed by atoms with Crippen molar-refractivity contribution in [2.75, 3.05) is 18.9 Å². The van der Waals surface area contributed by atoms with Gasteiger partial charge in [-0.15, -0.1) is 12.4 Å². The summed E-state index contributed by atoms with van der Waals surface area (Å²) in [7, 11) is -2.36. The number of hydrogen-bond donors (Lipinski definition) is 3. The molecule has 2 unspecified atom stereocenters. The van der Waals surface area contributed by atoms with Crippen molar-refractivity contribution in [1.82, 2.24) is 10.2 Å². The number of nitrogens with zero attached hydrogens (tertiary/aromatic N) is 1. The number of anilines is 1. The molecule has 3 rings (SSSR count). The quantitative estimate of drug-likeness (QED) is 0.549. The molecule has 0 saturated carbocycles. The molecule has 1 heterocycles. The number of amides is 2. The summed E-state index contributed by atoms with van der Waals surface area (Å²) in [6.45, 7) is 2.64. The van der Waals surface area contributed by atoms with Crippen LogP contribution < -0.4 is 10.6 Å². The van der Waals surface area contributed by atoms with Crippen LogP contribution in [-0.2, 0) is 16.7 Å². The molecule has 0 aromatic heterocycles. The maximum atomic E-state index is 12.1. The maximum absolute atomic E-state index is 12.1. The van der Waals surface area contributed by atoms with Crippen molar-refractivity contribution in [3.63, 3.8) is 0 Å². The average Bonchev–Trinajstić information content (AvgIpc) is 2.61. The van der Waals surface area contributed by atoms with E-state index in [2.05, 4.69) is 15.5 Å². The van der Waals surface area contributed by atoms with Gasteiger partial charge in [0, 0.05) is 34.7 Å². The standard InChI is InChI=1S/C19H21Cl2N3O4S.ClH/c1-11(29(26,27)28)22-19(25)23-14-5-3-4-12(6-14)16-9-24(2)10-17-15(16)7-13(20)8-18(17)21;/h3-8,11,16H,9-10H2,1-2H3,(H2,22,23,25)(H,26,27,28);1H. The van der Waals surface area contributed by atoms with E-state index in [0.29, 0.717) is 15.7 Å². The highest BCUT2D eigenvalue weighted by atomic mass is 35.5.